The van der Waals surface area contributed by atoms with Crippen LogP contribution in [0.25, 0.3) is 10.9 Å². The van der Waals surface area contributed by atoms with Gasteiger partial charge in [0.15, 0.2) is 0 Å². The van der Waals surface area contributed by atoms with E-state index < -0.39 is 11.8 Å². The lowest BCUT2D eigenvalue weighted by Gasteiger charge is -2.34. The lowest BCUT2D eigenvalue weighted by Crippen LogP contribution is -2.53. The minimum Gasteiger partial charge on any atom is -0.351 e. The summed E-state index contributed by atoms with van der Waals surface area (Å²) in [5, 5.41) is 4.47. The molecule has 160 valence electrons. The number of aromatic nitrogens is 1. The van der Waals surface area contributed by atoms with Crippen LogP contribution in [0.1, 0.15) is 16.1 Å². The fourth-order valence-electron chi connectivity index (χ4n) is 3.53. The van der Waals surface area contributed by atoms with Gasteiger partial charge in [0.05, 0.1) is 0 Å². The van der Waals surface area contributed by atoms with Gasteiger partial charge >= 0.3 is 11.8 Å². The maximum atomic E-state index is 12.8. The van der Waals surface area contributed by atoms with Gasteiger partial charge in [-0.3, -0.25) is 14.4 Å². The van der Waals surface area contributed by atoms with E-state index >= 15 is 0 Å². The molecule has 2 N–H and O–H groups in total. The number of amides is 3. The number of carbonyl (C=O) groups is 3. The number of nitrogens with one attached hydrogen (secondary N) is 2. The molecule has 3 aromatic rings. The van der Waals surface area contributed by atoms with Gasteiger partial charge in [0.1, 0.15) is 5.69 Å². The average molecular weight is 459 g/mol. The van der Waals surface area contributed by atoms with E-state index in [0.717, 1.165) is 10.9 Å². The van der Waals surface area contributed by atoms with E-state index in [0.29, 0.717) is 47.5 Å². The zero-order chi connectivity index (χ0) is 22.0. The molecule has 1 fully saturated rings. The van der Waals surface area contributed by atoms with E-state index in [9.17, 15) is 14.4 Å². The minimum absolute atomic E-state index is 0.120. The van der Waals surface area contributed by atoms with Crippen LogP contribution in [-0.4, -0.2) is 58.7 Å². The van der Waals surface area contributed by atoms with Crippen molar-refractivity contribution in [3.63, 3.8) is 0 Å². The number of hydrogen-bond donors (Lipinski definition) is 2. The van der Waals surface area contributed by atoms with Crippen LogP contribution in [0.2, 0.25) is 10.0 Å². The third-order valence-corrected chi connectivity index (χ3v) is 5.85. The highest BCUT2D eigenvalue weighted by Gasteiger charge is 2.28. The molecule has 0 spiro atoms. The van der Waals surface area contributed by atoms with Gasteiger partial charge in [-0.1, -0.05) is 47.5 Å². The minimum atomic E-state index is -0.707. The second-order valence-corrected chi connectivity index (χ2v) is 8.12. The Bertz CT molecular complexity index is 1120. The van der Waals surface area contributed by atoms with Crippen LogP contribution in [0.4, 0.5) is 0 Å². The number of benzene rings is 2. The van der Waals surface area contributed by atoms with Gasteiger partial charge in [-0.2, -0.15) is 0 Å². The summed E-state index contributed by atoms with van der Waals surface area (Å²) < 4.78 is 0. The Hall–Kier alpha value is -3.03. The van der Waals surface area contributed by atoms with Gasteiger partial charge in [-0.15, -0.1) is 0 Å². The molecule has 4 rings (SSSR count). The van der Waals surface area contributed by atoms with Crippen molar-refractivity contribution in [2.75, 3.05) is 26.2 Å². The van der Waals surface area contributed by atoms with E-state index in [1.165, 1.54) is 4.90 Å². The van der Waals surface area contributed by atoms with Gasteiger partial charge in [-0.25, -0.2) is 0 Å². The molecule has 0 aliphatic carbocycles. The predicted octanol–water partition coefficient (Wildman–Crippen LogP) is 3.08. The van der Waals surface area contributed by atoms with E-state index in [-0.39, 0.29) is 12.5 Å². The summed E-state index contributed by atoms with van der Waals surface area (Å²) in [6, 6.07) is 14.4. The summed E-state index contributed by atoms with van der Waals surface area (Å²) in [4.78, 5) is 43.8. The first-order valence-electron chi connectivity index (χ1n) is 9.80. The summed E-state index contributed by atoms with van der Waals surface area (Å²) >= 11 is 12.0. The lowest BCUT2D eigenvalue weighted by atomic mass is 10.2. The molecule has 1 aliphatic rings. The number of nitrogens with zero attached hydrogens (tertiary/aromatic N) is 2. The molecule has 3 amide bonds. The number of H-pyrrole nitrogens is 1. The van der Waals surface area contributed by atoms with Gasteiger partial charge in [0.2, 0.25) is 0 Å². The van der Waals surface area contributed by atoms with Gasteiger partial charge < -0.3 is 20.1 Å². The molecule has 0 radical (unpaired) electrons. The van der Waals surface area contributed by atoms with Crippen molar-refractivity contribution in [3.8, 4) is 0 Å². The summed E-state index contributed by atoms with van der Waals surface area (Å²) in [7, 11) is 0. The highest BCUT2D eigenvalue weighted by Crippen LogP contribution is 2.21. The van der Waals surface area contributed by atoms with Crippen molar-refractivity contribution >= 4 is 51.8 Å². The van der Waals surface area contributed by atoms with E-state index in [2.05, 4.69) is 10.3 Å². The Labute approximate surface area is 188 Å². The molecule has 7 nitrogen and oxygen atoms in total. The molecule has 9 heteroatoms. The number of fused-ring (bicyclic) bond motifs is 1. The van der Waals surface area contributed by atoms with Crippen LogP contribution in [-0.2, 0) is 16.1 Å². The molecule has 1 saturated heterocycles. The number of aromatic amines is 1. The van der Waals surface area contributed by atoms with Crippen molar-refractivity contribution in [1.82, 2.24) is 20.1 Å². The lowest BCUT2D eigenvalue weighted by molar-refractivity contribution is -0.146. The maximum absolute atomic E-state index is 12.8. The second kappa shape index (κ2) is 8.99. The molecule has 2 heterocycles. The zero-order valence-electron chi connectivity index (χ0n) is 16.5. The van der Waals surface area contributed by atoms with Crippen molar-refractivity contribution in [3.05, 3.63) is 69.8 Å². The molecule has 1 aliphatic heterocycles. The van der Waals surface area contributed by atoms with Crippen LogP contribution in [0.3, 0.4) is 0 Å². The molecule has 0 atom stereocenters. The van der Waals surface area contributed by atoms with E-state index in [1.54, 1.807) is 23.1 Å². The molecule has 1 aromatic heterocycles. The second-order valence-electron chi connectivity index (χ2n) is 7.27. The largest absolute Gasteiger partial charge is 0.351 e. The molecule has 0 unspecified atom stereocenters. The third kappa shape index (κ3) is 4.68. The Morgan fingerprint density at radius 2 is 1.65 bits per heavy atom. The molecule has 31 heavy (non-hydrogen) atoms. The van der Waals surface area contributed by atoms with Crippen LogP contribution >= 0.6 is 23.2 Å². The monoisotopic (exact) mass is 458 g/mol. The van der Waals surface area contributed by atoms with Gasteiger partial charge in [-0.05, 0) is 29.8 Å². The SMILES string of the molecule is O=C(NCc1ccc(Cl)cc1Cl)C(=O)N1CCN(C(=O)c2cc3ccccc3[nH]2)CC1. The number of hydrogen-bond acceptors (Lipinski definition) is 3. The normalized spacial score (nSPS) is 14.0. The van der Waals surface area contributed by atoms with Crippen molar-refractivity contribution in [2.45, 2.75) is 6.54 Å². The number of rotatable bonds is 3. The highest BCUT2D eigenvalue weighted by atomic mass is 35.5. The van der Waals surface area contributed by atoms with Crippen molar-refractivity contribution < 1.29 is 14.4 Å². The number of carbonyl (C=O) groups excluding carboxylic acids is 3. The molecule has 0 bridgehead atoms. The van der Waals surface area contributed by atoms with Crippen molar-refractivity contribution in [1.29, 1.82) is 0 Å². The summed E-state index contributed by atoms with van der Waals surface area (Å²) in [6.07, 6.45) is 0. The topological polar surface area (TPSA) is 85.5 Å². The maximum Gasteiger partial charge on any atom is 0.312 e. The average Bonchev–Trinajstić information content (AvgIpc) is 3.22. The van der Waals surface area contributed by atoms with E-state index in [1.807, 2.05) is 30.3 Å². The predicted molar refractivity (Wildman–Crippen MR) is 119 cm³/mol. The van der Waals surface area contributed by atoms with Crippen LogP contribution in [0.5, 0.6) is 0 Å². The fourth-order valence-corrected chi connectivity index (χ4v) is 4.01. The van der Waals surface area contributed by atoms with E-state index in [4.69, 9.17) is 23.2 Å². The van der Waals surface area contributed by atoms with Gasteiger partial charge in [0, 0.05) is 53.7 Å². The van der Waals surface area contributed by atoms with Crippen LogP contribution in [0, 0.1) is 0 Å². The Balaban J connectivity index is 1.30. The first kappa shape index (κ1) is 21.2. The van der Waals surface area contributed by atoms with Crippen LogP contribution < -0.4 is 5.32 Å². The molecule has 2 aromatic carbocycles. The Morgan fingerprint density at radius 1 is 0.935 bits per heavy atom. The van der Waals surface area contributed by atoms with Crippen molar-refractivity contribution in [2.24, 2.45) is 0 Å². The fraction of sp³-hybridized carbons (Fsp3) is 0.227. The standard InChI is InChI=1S/C22H20Cl2N4O3/c23-16-6-5-15(17(24)12-16)13-25-20(29)22(31)28-9-7-27(8-10-28)21(30)19-11-14-3-1-2-4-18(14)26-19/h1-6,11-12,26H,7-10,13H2,(H,25,29). The zero-order valence-corrected chi connectivity index (χ0v) is 18.0. The van der Waals surface area contributed by atoms with Gasteiger partial charge in [0.25, 0.3) is 5.91 Å². The smallest absolute Gasteiger partial charge is 0.312 e. The quantitative estimate of drug-likeness (QED) is 0.591. The summed E-state index contributed by atoms with van der Waals surface area (Å²) in [5.41, 5.74) is 2.08. The summed E-state index contributed by atoms with van der Waals surface area (Å²) in [5.74, 6) is -1.45. The number of piperazine rings is 1. The Morgan fingerprint density at radius 3 is 2.35 bits per heavy atom. The number of para-hydroxylation sites is 1. The first-order chi connectivity index (χ1) is 14.9. The number of halogens is 2. The molecular formula is C22H20Cl2N4O3. The molecule has 0 saturated carbocycles. The van der Waals surface area contributed by atoms with Crippen LogP contribution in [0.15, 0.2) is 48.5 Å². The third-order valence-electron chi connectivity index (χ3n) is 5.26. The molecular weight excluding hydrogens is 439 g/mol. The Kier molecular flexibility index (Phi) is 6.15. The summed E-state index contributed by atoms with van der Waals surface area (Å²) in [6.45, 7) is 1.42. The highest BCUT2D eigenvalue weighted by molar-refractivity contribution is 6.36. The first-order valence-corrected chi connectivity index (χ1v) is 10.6.